The third-order valence-electron chi connectivity index (χ3n) is 2.66. The number of carboxylic acids is 1. The van der Waals surface area contributed by atoms with Gasteiger partial charge < -0.3 is 9.84 Å². The van der Waals surface area contributed by atoms with Crippen molar-refractivity contribution in [2.24, 2.45) is 0 Å². The molecule has 0 atom stereocenters. The van der Waals surface area contributed by atoms with Crippen LogP contribution in [0.5, 0.6) is 5.75 Å². The van der Waals surface area contributed by atoms with E-state index in [2.05, 4.69) is 0 Å². The molecule has 0 aromatic heterocycles. The Kier molecular flexibility index (Phi) is 3.96. The van der Waals surface area contributed by atoms with Gasteiger partial charge in [0, 0.05) is 0 Å². The van der Waals surface area contributed by atoms with Gasteiger partial charge in [-0.05, 0) is 35.9 Å². The highest BCUT2D eigenvalue weighted by molar-refractivity contribution is 5.88. The molecule has 2 aromatic rings. The molecule has 20 heavy (non-hydrogen) atoms. The van der Waals surface area contributed by atoms with E-state index in [9.17, 15) is 9.18 Å². The molecule has 2 rings (SSSR count). The maximum atomic E-state index is 12.8. The molecule has 1 N–H and O–H groups in total. The Labute approximate surface area is 114 Å². The van der Waals surface area contributed by atoms with Gasteiger partial charge in [0.1, 0.15) is 24.2 Å². The highest BCUT2D eigenvalue weighted by Gasteiger charge is 2.09. The lowest BCUT2D eigenvalue weighted by atomic mass is 10.1. The molecule has 0 saturated carbocycles. The number of carboxylic acid groups (broad SMARTS) is 1. The second-order valence-corrected chi connectivity index (χ2v) is 4.04. The molecule has 0 aliphatic rings. The zero-order chi connectivity index (χ0) is 14.5. The predicted octanol–water partition coefficient (Wildman–Crippen LogP) is 2.97. The number of benzene rings is 2. The quantitative estimate of drug-likeness (QED) is 0.928. The number of nitrogens with zero attached hydrogens (tertiary/aromatic N) is 1. The van der Waals surface area contributed by atoms with Crippen LogP contribution < -0.4 is 4.74 Å². The van der Waals surface area contributed by atoms with Gasteiger partial charge >= 0.3 is 5.97 Å². The van der Waals surface area contributed by atoms with E-state index < -0.39 is 5.97 Å². The minimum Gasteiger partial charge on any atom is -0.487 e. The highest BCUT2D eigenvalue weighted by Crippen LogP contribution is 2.21. The molecule has 0 fully saturated rings. The largest absolute Gasteiger partial charge is 0.487 e. The van der Waals surface area contributed by atoms with Crippen LogP contribution in [0.1, 0.15) is 21.5 Å². The van der Waals surface area contributed by atoms with Crippen molar-refractivity contribution in [3.05, 3.63) is 65.0 Å². The van der Waals surface area contributed by atoms with Crippen molar-refractivity contribution in [2.75, 3.05) is 0 Å². The van der Waals surface area contributed by atoms with Crippen molar-refractivity contribution < 1.29 is 19.0 Å². The summed E-state index contributed by atoms with van der Waals surface area (Å²) in [6.45, 7) is 0.123. The van der Waals surface area contributed by atoms with Gasteiger partial charge in [-0.2, -0.15) is 5.26 Å². The van der Waals surface area contributed by atoms with Crippen molar-refractivity contribution in [2.45, 2.75) is 6.61 Å². The summed E-state index contributed by atoms with van der Waals surface area (Å²) in [5.74, 6) is -1.25. The second kappa shape index (κ2) is 5.85. The minimum atomic E-state index is -1.10. The lowest BCUT2D eigenvalue weighted by Crippen LogP contribution is -2.01. The molecule has 0 heterocycles. The number of hydrogen-bond donors (Lipinski definition) is 1. The molecule has 0 saturated heterocycles. The Morgan fingerprint density at radius 1 is 1.25 bits per heavy atom. The van der Waals surface area contributed by atoms with Gasteiger partial charge in [-0.1, -0.05) is 12.1 Å². The molecule has 0 bridgehead atoms. The molecule has 0 aliphatic heterocycles. The Morgan fingerprint density at radius 2 is 1.95 bits per heavy atom. The number of ether oxygens (including phenoxy) is 1. The van der Waals surface area contributed by atoms with Crippen molar-refractivity contribution in [1.82, 2.24) is 0 Å². The van der Waals surface area contributed by atoms with Gasteiger partial charge in [-0.15, -0.1) is 0 Å². The maximum Gasteiger partial charge on any atom is 0.335 e. The van der Waals surface area contributed by atoms with Crippen molar-refractivity contribution >= 4 is 5.97 Å². The van der Waals surface area contributed by atoms with Crippen LogP contribution in [0.4, 0.5) is 4.39 Å². The van der Waals surface area contributed by atoms with Gasteiger partial charge in [-0.25, -0.2) is 9.18 Å². The molecular formula is C15H10FNO3. The van der Waals surface area contributed by atoms with Crippen LogP contribution in [0.15, 0.2) is 42.5 Å². The van der Waals surface area contributed by atoms with E-state index in [1.165, 1.54) is 30.3 Å². The summed E-state index contributed by atoms with van der Waals surface area (Å²) in [5, 5.41) is 17.9. The number of carbonyl (C=O) groups is 1. The molecular weight excluding hydrogens is 261 g/mol. The lowest BCUT2D eigenvalue weighted by molar-refractivity contribution is 0.0696. The van der Waals surface area contributed by atoms with Crippen molar-refractivity contribution in [1.29, 1.82) is 5.26 Å². The lowest BCUT2D eigenvalue weighted by Gasteiger charge is -2.08. The predicted molar refractivity (Wildman–Crippen MR) is 68.8 cm³/mol. The Bertz CT molecular complexity index is 675. The summed E-state index contributed by atoms with van der Waals surface area (Å²) in [6.07, 6.45) is 0. The topological polar surface area (TPSA) is 70.3 Å². The Hall–Kier alpha value is -2.87. The number of halogens is 1. The molecule has 2 aromatic carbocycles. The SMILES string of the molecule is N#Cc1ccc(C(=O)O)cc1OCc1ccc(F)cc1. The summed E-state index contributed by atoms with van der Waals surface area (Å²) in [4.78, 5) is 10.9. The standard InChI is InChI=1S/C15H10FNO3/c16-13-5-1-10(2-6-13)9-20-14-7-11(15(18)19)3-4-12(14)8-17/h1-7H,9H2,(H,18,19). The van der Waals surface area contributed by atoms with E-state index in [4.69, 9.17) is 15.1 Å². The zero-order valence-electron chi connectivity index (χ0n) is 10.3. The molecule has 0 amide bonds. The summed E-state index contributed by atoms with van der Waals surface area (Å²) in [5.41, 5.74) is 1.01. The van der Waals surface area contributed by atoms with Gasteiger partial charge in [0.05, 0.1) is 11.1 Å². The normalized spacial score (nSPS) is 9.80. The second-order valence-electron chi connectivity index (χ2n) is 4.04. The van der Waals surface area contributed by atoms with Gasteiger partial charge in [-0.3, -0.25) is 0 Å². The van der Waals surface area contributed by atoms with E-state index >= 15 is 0 Å². The van der Waals surface area contributed by atoms with Crippen LogP contribution in [-0.4, -0.2) is 11.1 Å². The monoisotopic (exact) mass is 271 g/mol. The first-order valence-corrected chi connectivity index (χ1v) is 5.75. The van der Waals surface area contributed by atoms with Gasteiger partial charge in [0.2, 0.25) is 0 Å². The third kappa shape index (κ3) is 3.12. The average Bonchev–Trinajstić information content (AvgIpc) is 2.46. The van der Waals surface area contributed by atoms with E-state index in [0.717, 1.165) is 5.56 Å². The molecule has 4 nitrogen and oxygen atoms in total. The van der Waals surface area contributed by atoms with Crippen LogP contribution in [0, 0.1) is 17.1 Å². The van der Waals surface area contributed by atoms with Crippen molar-refractivity contribution in [3.8, 4) is 11.8 Å². The van der Waals surface area contributed by atoms with Crippen LogP contribution in [-0.2, 0) is 6.61 Å². The van der Waals surface area contributed by atoms with E-state index in [1.807, 2.05) is 6.07 Å². The third-order valence-corrected chi connectivity index (χ3v) is 2.66. The van der Waals surface area contributed by atoms with E-state index in [1.54, 1.807) is 12.1 Å². The summed E-state index contributed by atoms with van der Waals surface area (Å²) < 4.78 is 18.2. The molecule has 0 unspecified atom stereocenters. The number of rotatable bonds is 4. The first-order chi connectivity index (χ1) is 9.60. The van der Waals surface area contributed by atoms with Crippen molar-refractivity contribution in [3.63, 3.8) is 0 Å². The summed E-state index contributed by atoms with van der Waals surface area (Å²) >= 11 is 0. The van der Waals surface area contributed by atoms with Crippen LogP contribution in [0.2, 0.25) is 0 Å². The number of hydrogen-bond acceptors (Lipinski definition) is 3. The first kappa shape index (κ1) is 13.6. The van der Waals surface area contributed by atoms with E-state index in [-0.39, 0.29) is 29.3 Å². The molecule has 0 spiro atoms. The highest BCUT2D eigenvalue weighted by atomic mass is 19.1. The fourth-order valence-electron chi connectivity index (χ4n) is 1.61. The zero-order valence-corrected chi connectivity index (χ0v) is 10.3. The summed E-state index contributed by atoms with van der Waals surface area (Å²) in [7, 11) is 0. The molecule has 5 heteroatoms. The fourth-order valence-corrected chi connectivity index (χ4v) is 1.61. The molecule has 0 aliphatic carbocycles. The fraction of sp³-hybridized carbons (Fsp3) is 0.0667. The number of nitriles is 1. The Morgan fingerprint density at radius 3 is 2.55 bits per heavy atom. The van der Waals surface area contributed by atoms with Gasteiger partial charge in [0.15, 0.2) is 0 Å². The van der Waals surface area contributed by atoms with Crippen LogP contribution in [0.25, 0.3) is 0 Å². The minimum absolute atomic E-state index is 0.0399. The van der Waals surface area contributed by atoms with Crippen LogP contribution in [0.3, 0.4) is 0 Å². The average molecular weight is 271 g/mol. The first-order valence-electron chi connectivity index (χ1n) is 5.75. The number of aromatic carboxylic acids is 1. The maximum absolute atomic E-state index is 12.8. The molecule has 100 valence electrons. The molecule has 0 radical (unpaired) electrons. The summed E-state index contributed by atoms with van der Waals surface area (Å²) in [6, 6.07) is 11.7. The smallest absolute Gasteiger partial charge is 0.335 e. The van der Waals surface area contributed by atoms with E-state index in [0.29, 0.717) is 0 Å². The Balaban J connectivity index is 2.19. The van der Waals surface area contributed by atoms with Gasteiger partial charge in [0.25, 0.3) is 0 Å². The van der Waals surface area contributed by atoms with Crippen LogP contribution >= 0.6 is 0 Å².